The van der Waals surface area contributed by atoms with Crippen LogP contribution in [0.4, 0.5) is 0 Å². The lowest BCUT2D eigenvalue weighted by Gasteiger charge is -2.32. The summed E-state index contributed by atoms with van der Waals surface area (Å²) in [5, 5.41) is 12.8. The number of carbonyl (C=O) groups excluding carboxylic acids is 1. The van der Waals surface area contributed by atoms with Gasteiger partial charge in [0.25, 0.3) is 0 Å². The van der Waals surface area contributed by atoms with Crippen molar-refractivity contribution >= 4 is 23.5 Å². The number of benzene rings is 1. The summed E-state index contributed by atoms with van der Waals surface area (Å²) >= 11 is 5.96. The highest BCUT2D eigenvalue weighted by molar-refractivity contribution is 6.30. The average Bonchev–Trinajstić information content (AvgIpc) is 3.17. The van der Waals surface area contributed by atoms with E-state index in [1.165, 1.54) is 0 Å². The van der Waals surface area contributed by atoms with E-state index in [1.807, 2.05) is 24.3 Å². The second kappa shape index (κ2) is 6.49. The van der Waals surface area contributed by atoms with Crippen LogP contribution in [0.2, 0.25) is 5.02 Å². The molecule has 1 aromatic carbocycles. The molecule has 1 saturated carbocycles. The van der Waals surface area contributed by atoms with Gasteiger partial charge >= 0.3 is 5.97 Å². The summed E-state index contributed by atoms with van der Waals surface area (Å²) in [6.45, 7) is 0. The second-order valence-corrected chi connectivity index (χ2v) is 6.75. The molecule has 0 radical (unpaired) electrons. The van der Waals surface area contributed by atoms with Gasteiger partial charge in [0.2, 0.25) is 5.91 Å². The molecule has 1 heterocycles. The Morgan fingerprint density at radius 1 is 1.13 bits per heavy atom. The third-order valence-corrected chi connectivity index (χ3v) is 5.06. The summed E-state index contributed by atoms with van der Waals surface area (Å²) in [5.74, 6) is -1.22. The van der Waals surface area contributed by atoms with Crippen LogP contribution in [0.5, 0.6) is 0 Å². The molecule has 0 unspecified atom stereocenters. The molecular formula is C17H20ClNO4. The van der Waals surface area contributed by atoms with E-state index < -0.39 is 23.7 Å². The summed E-state index contributed by atoms with van der Waals surface area (Å²) < 4.78 is 5.36. The molecule has 2 fully saturated rings. The van der Waals surface area contributed by atoms with Crippen LogP contribution in [0, 0.1) is 0 Å². The fraction of sp³-hybridized carbons (Fsp3) is 0.529. The van der Waals surface area contributed by atoms with Crippen molar-refractivity contribution in [3.05, 3.63) is 34.9 Å². The monoisotopic (exact) mass is 337 g/mol. The molecule has 0 bridgehead atoms. The Bertz CT molecular complexity index is 595. The van der Waals surface area contributed by atoms with Gasteiger partial charge in [-0.25, -0.2) is 4.79 Å². The van der Waals surface area contributed by atoms with Gasteiger partial charge in [0.15, 0.2) is 6.10 Å². The van der Waals surface area contributed by atoms with Gasteiger partial charge in [-0.1, -0.05) is 36.6 Å². The first-order valence-electron chi connectivity index (χ1n) is 7.96. The predicted molar refractivity (Wildman–Crippen MR) is 85.3 cm³/mol. The number of halogens is 1. The van der Waals surface area contributed by atoms with E-state index in [4.69, 9.17) is 21.4 Å². The summed E-state index contributed by atoms with van der Waals surface area (Å²) in [5.41, 5.74) is 0.646. The highest BCUT2D eigenvalue weighted by Crippen LogP contribution is 2.39. The first-order valence-corrected chi connectivity index (χ1v) is 8.34. The second-order valence-electron chi connectivity index (χ2n) is 6.31. The highest BCUT2D eigenvalue weighted by Gasteiger charge is 2.41. The number of carbonyl (C=O) groups is 2. The third-order valence-electron chi connectivity index (χ3n) is 4.80. The lowest BCUT2D eigenvalue weighted by atomic mass is 9.88. The summed E-state index contributed by atoms with van der Waals surface area (Å²) in [6.07, 6.45) is 3.10. The van der Waals surface area contributed by atoms with Crippen LogP contribution in [0.3, 0.4) is 0 Å². The zero-order valence-electron chi connectivity index (χ0n) is 12.8. The number of hydrogen-bond acceptors (Lipinski definition) is 3. The third kappa shape index (κ3) is 3.35. The molecule has 5 nitrogen and oxygen atoms in total. The molecule has 2 N–H and O–H groups in total. The Morgan fingerprint density at radius 3 is 2.30 bits per heavy atom. The van der Waals surface area contributed by atoms with Gasteiger partial charge in [0.05, 0.1) is 5.54 Å². The number of hydrogen-bond donors (Lipinski definition) is 2. The lowest BCUT2D eigenvalue weighted by Crippen LogP contribution is -2.48. The van der Waals surface area contributed by atoms with Crippen LogP contribution < -0.4 is 5.32 Å². The molecule has 124 valence electrons. The lowest BCUT2D eigenvalue weighted by molar-refractivity contribution is -0.152. The summed E-state index contributed by atoms with van der Waals surface area (Å²) in [4.78, 5) is 23.5. The Morgan fingerprint density at radius 2 is 1.74 bits per heavy atom. The SMILES string of the molecule is O=C(NC1(c2ccc(Cl)cc2)CCCC1)[C@@H]1CC[C@H](C(=O)O)O1. The first kappa shape index (κ1) is 16.3. The van der Waals surface area contributed by atoms with Crippen molar-refractivity contribution in [1.82, 2.24) is 5.32 Å². The van der Waals surface area contributed by atoms with E-state index in [-0.39, 0.29) is 5.91 Å². The number of aliphatic carboxylic acids is 1. The molecule has 1 saturated heterocycles. The van der Waals surface area contributed by atoms with Gasteiger partial charge in [-0.3, -0.25) is 4.79 Å². The Hall–Kier alpha value is -1.59. The largest absolute Gasteiger partial charge is 0.479 e. The van der Waals surface area contributed by atoms with Crippen LogP contribution in [-0.4, -0.2) is 29.2 Å². The number of rotatable bonds is 4. The maximum Gasteiger partial charge on any atom is 0.332 e. The zero-order valence-corrected chi connectivity index (χ0v) is 13.5. The van der Waals surface area contributed by atoms with Gasteiger partial charge in [-0.2, -0.15) is 0 Å². The van der Waals surface area contributed by atoms with Crippen molar-refractivity contribution in [1.29, 1.82) is 0 Å². The molecule has 23 heavy (non-hydrogen) atoms. The maximum absolute atomic E-state index is 12.6. The topological polar surface area (TPSA) is 75.6 Å². The number of carboxylic acids is 1. The van der Waals surface area contributed by atoms with Crippen molar-refractivity contribution in [3.63, 3.8) is 0 Å². The van der Waals surface area contributed by atoms with E-state index in [2.05, 4.69) is 5.32 Å². The van der Waals surface area contributed by atoms with E-state index in [0.717, 1.165) is 31.2 Å². The minimum atomic E-state index is -1.01. The van der Waals surface area contributed by atoms with Crippen molar-refractivity contribution in [2.24, 2.45) is 0 Å². The fourth-order valence-electron chi connectivity index (χ4n) is 3.56. The number of amides is 1. The molecule has 1 aromatic rings. The number of ether oxygens (including phenoxy) is 1. The number of carboxylic acid groups (broad SMARTS) is 1. The molecule has 1 amide bonds. The fourth-order valence-corrected chi connectivity index (χ4v) is 3.69. The van der Waals surface area contributed by atoms with Crippen molar-refractivity contribution in [3.8, 4) is 0 Å². The first-order chi connectivity index (χ1) is 11.0. The average molecular weight is 338 g/mol. The molecule has 2 aliphatic rings. The molecule has 1 aliphatic carbocycles. The predicted octanol–water partition coefficient (Wildman–Crippen LogP) is 2.86. The number of nitrogens with one attached hydrogen (secondary N) is 1. The van der Waals surface area contributed by atoms with E-state index in [9.17, 15) is 9.59 Å². The molecular weight excluding hydrogens is 318 g/mol. The van der Waals surface area contributed by atoms with Crippen molar-refractivity contribution < 1.29 is 19.4 Å². The van der Waals surface area contributed by atoms with Crippen molar-refractivity contribution in [2.45, 2.75) is 56.3 Å². The minimum absolute atomic E-state index is 0.217. The summed E-state index contributed by atoms with van der Waals surface area (Å²) in [6, 6.07) is 7.55. The maximum atomic E-state index is 12.6. The van der Waals surface area contributed by atoms with E-state index in [1.54, 1.807) is 0 Å². The Balaban J connectivity index is 1.74. The normalized spacial score (nSPS) is 26.1. The molecule has 2 atom stereocenters. The van der Waals surface area contributed by atoms with E-state index >= 15 is 0 Å². The van der Waals surface area contributed by atoms with Gasteiger partial charge in [-0.15, -0.1) is 0 Å². The Labute approximate surface area is 140 Å². The molecule has 1 aliphatic heterocycles. The van der Waals surface area contributed by atoms with Gasteiger partial charge in [-0.05, 0) is 43.4 Å². The molecule has 6 heteroatoms. The highest BCUT2D eigenvalue weighted by atomic mass is 35.5. The van der Waals surface area contributed by atoms with Crippen LogP contribution in [0.15, 0.2) is 24.3 Å². The van der Waals surface area contributed by atoms with Crippen LogP contribution in [-0.2, 0) is 19.9 Å². The van der Waals surface area contributed by atoms with Gasteiger partial charge in [0.1, 0.15) is 6.10 Å². The molecule has 3 rings (SSSR count). The molecule has 0 spiro atoms. The van der Waals surface area contributed by atoms with E-state index in [0.29, 0.717) is 17.9 Å². The standard InChI is InChI=1S/C17H20ClNO4/c18-12-5-3-11(4-6-12)17(9-1-2-10-17)19-15(20)13-7-8-14(23-13)16(21)22/h3-6,13-14H,1-2,7-10H2,(H,19,20)(H,21,22)/t13-,14+/m0/s1. The van der Waals surface area contributed by atoms with Crippen LogP contribution in [0.25, 0.3) is 0 Å². The summed E-state index contributed by atoms with van der Waals surface area (Å²) in [7, 11) is 0. The van der Waals surface area contributed by atoms with Crippen molar-refractivity contribution in [2.75, 3.05) is 0 Å². The molecule has 0 aromatic heterocycles. The van der Waals surface area contributed by atoms with Crippen LogP contribution >= 0.6 is 11.6 Å². The van der Waals surface area contributed by atoms with Crippen LogP contribution in [0.1, 0.15) is 44.1 Å². The minimum Gasteiger partial charge on any atom is -0.479 e. The van der Waals surface area contributed by atoms with Gasteiger partial charge in [0, 0.05) is 5.02 Å². The smallest absolute Gasteiger partial charge is 0.332 e. The Kier molecular flexibility index (Phi) is 4.60. The zero-order chi connectivity index (χ0) is 16.4. The quantitative estimate of drug-likeness (QED) is 0.885. The van der Waals surface area contributed by atoms with Gasteiger partial charge < -0.3 is 15.2 Å².